The normalized spacial score (nSPS) is 10.6. The van der Waals surface area contributed by atoms with E-state index in [0.717, 1.165) is 22.2 Å². The summed E-state index contributed by atoms with van der Waals surface area (Å²) in [4.78, 5) is 4.31. The second kappa shape index (κ2) is 6.02. The number of ether oxygens (including phenoxy) is 2. The smallest absolute Gasteiger partial charge is 0.136 e. The molecule has 1 heterocycles. The molecule has 0 spiro atoms. The van der Waals surface area contributed by atoms with Crippen LogP contribution in [0.2, 0.25) is 5.15 Å². The first kappa shape index (κ1) is 13.7. The maximum absolute atomic E-state index is 6.07. The van der Waals surface area contributed by atoms with Gasteiger partial charge < -0.3 is 9.47 Å². The number of hydrogen-bond donors (Lipinski definition) is 0. The van der Waals surface area contributed by atoms with Crippen molar-refractivity contribution in [3.05, 3.63) is 65.3 Å². The van der Waals surface area contributed by atoms with E-state index >= 15 is 0 Å². The van der Waals surface area contributed by atoms with Crippen molar-refractivity contribution < 1.29 is 9.47 Å². The highest BCUT2D eigenvalue weighted by Gasteiger charge is 2.11. The number of benzene rings is 2. The van der Waals surface area contributed by atoms with E-state index in [1.807, 2.05) is 48.5 Å². The van der Waals surface area contributed by atoms with Crippen LogP contribution in [0.1, 0.15) is 5.56 Å². The number of nitrogens with zero attached hydrogens (tertiary/aromatic N) is 1. The second-order valence-corrected chi connectivity index (χ2v) is 4.96. The summed E-state index contributed by atoms with van der Waals surface area (Å²) in [5, 5.41) is 1.24. The maximum atomic E-state index is 6.07. The fourth-order valence-electron chi connectivity index (χ4n) is 2.21. The molecule has 21 heavy (non-hydrogen) atoms. The summed E-state index contributed by atoms with van der Waals surface area (Å²) in [6.45, 7) is 0.467. The van der Waals surface area contributed by atoms with Gasteiger partial charge in [-0.05, 0) is 17.7 Å². The van der Waals surface area contributed by atoms with Crippen LogP contribution in [0, 0.1) is 0 Å². The van der Waals surface area contributed by atoms with Crippen molar-refractivity contribution in [2.75, 3.05) is 7.11 Å². The lowest BCUT2D eigenvalue weighted by molar-refractivity contribution is 0.308. The standard InChI is InChI=1S/C17H14ClNO2/c1-20-14-9-5-8-13-17(14)15(10-16(18)19-13)21-11-12-6-3-2-4-7-12/h2-10H,11H2,1H3. The molecule has 0 aliphatic rings. The Labute approximate surface area is 128 Å². The van der Waals surface area contributed by atoms with Gasteiger partial charge in [0.25, 0.3) is 0 Å². The lowest BCUT2D eigenvalue weighted by Gasteiger charge is -2.12. The molecule has 0 bridgehead atoms. The van der Waals surface area contributed by atoms with Gasteiger partial charge in [-0.1, -0.05) is 48.0 Å². The Balaban J connectivity index is 2.00. The van der Waals surface area contributed by atoms with E-state index in [1.165, 1.54) is 0 Å². The van der Waals surface area contributed by atoms with E-state index in [1.54, 1.807) is 13.2 Å². The molecule has 0 unspecified atom stereocenters. The van der Waals surface area contributed by atoms with Crippen molar-refractivity contribution in [3.8, 4) is 11.5 Å². The Morgan fingerprint density at radius 3 is 2.57 bits per heavy atom. The van der Waals surface area contributed by atoms with Crippen molar-refractivity contribution in [1.29, 1.82) is 0 Å². The minimum Gasteiger partial charge on any atom is -0.496 e. The fraction of sp³-hybridized carbons (Fsp3) is 0.118. The van der Waals surface area contributed by atoms with E-state index in [2.05, 4.69) is 4.98 Å². The van der Waals surface area contributed by atoms with E-state index < -0.39 is 0 Å². The van der Waals surface area contributed by atoms with Crippen LogP contribution in [-0.4, -0.2) is 12.1 Å². The van der Waals surface area contributed by atoms with Crippen molar-refractivity contribution in [1.82, 2.24) is 4.98 Å². The molecule has 0 atom stereocenters. The van der Waals surface area contributed by atoms with Gasteiger partial charge in [0.2, 0.25) is 0 Å². The molecule has 1 aromatic heterocycles. The first-order chi connectivity index (χ1) is 10.3. The van der Waals surface area contributed by atoms with Gasteiger partial charge in [-0.3, -0.25) is 0 Å². The first-order valence-electron chi connectivity index (χ1n) is 6.58. The van der Waals surface area contributed by atoms with Crippen molar-refractivity contribution in [2.24, 2.45) is 0 Å². The molecule has 0 N–H and O–H groups in total. The van der Waals surface area contributed by atoms with Crippen molar-refractivity contribution in [3.63, 3.8) is 0 Å². The lowest BCUT2D eigenvalue weighted by Crippen LogP contribution is -1.98. The molecule has 0 saturated heterocycles. The lowest BCUT2D eigenvalue weighted by atomic mass is 10.2. The molecule has 0 fully saturated rings. The third kappa shape index (κ3) is 2.93. The minimum absolute atomic E-state index is 0.402. The molecule has 2 aromatic carbocycles. The zero-order chi connectivity index (χ0) is 14.7. The van der Waals surface area contributed by atoms with Gasteiger partial charge in [0.15, 0.2) is 0 Å². The summed E-state index contributed by atoms with van der Waals surface area (Å²) >= 11 is 6.07. The SMILES string of the molecule is COc1cccc2nc(Cl)cc(OCc3ccccc3)c12. The molecular formula is C17H14ClNO2. The largest absolute Gasteiger partial charge is 0.496 e. The molecule has 0 aliphatic heterocycles. The van der Waals surface area contributed by atoms with Gasteiger partial charge in [0.05, 0.1) is 18.0 Å². The molecular weight excluding hydrogens is 286 g/mol. The van der Waals surface area contributed by atoms with Crippen molar-refractivity contribution in [2.45, 2.75) is 6.61 Å². The zero-order valence-electron chi connectivity index (χ0n) is 11.5. The van der Waals surface area contributed by atoms with E-state index in [4.69, 9.17) is 21.1 Å². The summed E-state index contributed by atoms with van der Waals surface area (Å²) < 4.78 is 11.3. The molecule has 3 rings (SSSR count). The van der Waals surface area contributed by atoms with E-state index in [9.17, 15) is 0 Å². The van der Waals surface area contributed by atoms with Crippen LogP contribution in [0.5, 0.6) is 11.5 Å². The molecule has 0 radical (unpaired) electrons. The Kier molecular flexibility index (Phi) is 3.93. The minimum atomic E-state index is 0.402. The Bertz CT molecular complexity index is 759. The van der Waals surface area contributed by atoms with Gasteiger partial charge in [0, 0.05) is 6.07 Å². The van der Waals surface area contributed by atoms with Crippen LogP contribution >= 0.6 is 11.6 Å². The number of aromatic nitrogens is 1. The predicted octanol–water partition coefficient (Wildman–Crippen LogP) is 4.48. The third-order valence-corrected chi connectivity index (χ3v) is 3.38. The molecule has 0 amide bonds. The van der Waals surface area contributed by atoms with Crippen LogP contribution < -0.4 is 9.47 Å². The summed E-state index contributed by atoms with van der Waals surface area (Å²) in [7, 11) is 1.63. The average molecular weight is 300 g/mol. The molecule has 3 aromatic rings. The first-order valence-corrected chi connectivity index (χ1v) is 6.95. The molecule has 3 nitrogen and oxygen atoms in total. The van der Waals surface area contributed by atoms with Crippen molar-refractivity contribution >= 4 is 22.5 Å². The summed E-state index contributed by atoms with van der Waals surface area (Å²) in [5.74, 6) is 1.39. The molecule has 106 valence electrons. The van der Waals surface area contributed by atoms with Gasteiger partial charge in [-0.25, -0.2) is 4.98 Å². The van der Waals surface area contributed by atoms with E-state index in [-0.39, 0.29) is 0 Å². The molecule has 4 heteroatoms. The predicted molar refractivity (Wildman–Crippen MR) is 84.1 cm³/mol. The monoisotopic (exact) mass is 299 g/mol. The number of halogens is 1. The number of fused-ring (bicyclic) bond motifs is 1. The van der Waals surface area contributed by atoms with Crippen LogP contribution in [0.3, 0.4) is 0 Å². The van der Waals surface area contributed by atoms with Crippen LogP contribution in [0.4, 0.5) is 0 Å². The average Bonchev–Trinajstić information content (AvgIpc) is 2.52. The highest BCUT2D eigenvalue weighted by Crippen LogP contribution is 2.35. The molecule has 0 saturated carbocycles. The topological polar surface area (TPSA) is 31.4 Å². The van der Waals surface area contributed by atoms with E-state index in [0.29, 0.717) is 17.5 Å². The van der Waals surface area contributed by atoms with Crippen LogP contribution in [0.25, 0.3) is 10.9 Å². The third-order valence-electron chi connectivity index (χ3n) is 3.19. The Morgan fingerprint density at radius 1 is 1.00 bits per heavy atom. The Morgan fingerprint density at radius 2 is 1.81 bits per heavy atom. The number of methoxy groups -OCH3 is 1. The maximum Gasteiger partial charge on any atom is 0.136 e. The highest BCUT2D eigenvalue weighted by atomic mass is 35.5. The van der Waals surface area contributed by atoms with Gasteiger partial charge >= 0.3 is 0 Å². The van der Waals surface area contributed by atoms with Gasteiger partial charge in [-0.2, -0.15) is 0 Å². The summed E-state index contributed by atoms with van der Waals surface area (Å²) in [6, 6.07) is 17.3. The second-order valence-electron chi connectivity index (χ2n) is 4.57. The number of rotatable bonds is 4. The fourth-order valence-corrected chi connectivity index (χ4v) is 2.40. The van der Waals surface area contributed by atoms with Gasteiger partial charge in [0.1, 0.15) is 23.3 Å². The van der Waals surface area contributed by atoms with Gasteiger partial charge in [-0.15, -0.1) is 0 Å². The van der Waals surface area contributed by atoms with Crippen LogP contribution in [0.15, 0.2) is 54.6 Å². The quantitative estimate of drug-likeness (QED) is 0.666. The summed E-state index contributed by atoms with van der Waals surface area (Å²) in [5.41, 5.74) is 1.85. The number of pyridine rings is 1. The number of hydrogen-bond acceptors (Lipinski definition) is 3. The zero-order valence-corrected chi connectivity index (χ0v) is 12.3. The summed E-state index contributed by atoms with van der Waals surface area (Å²) in [6.07, 6.45) is 0. The van der Waals surface area contributed by atoms with Crippen LogP contribution in [-0.2, 0) is 6.61 Å². The highest BCUT2D eigenvalue weighted by molar-refractivity contribution is 6.30. The Hall–Kier alpha value is -2.26. The molecule has 0 aliphatic carbocycles.